The van der Waals surface area contributed by atoms with Gasteiger partial charge in [0.05, 0.1) is 63.3 Å². The van der Waals surface area contributed by atoms with Crippen molar-refractivity contribution in [2.24, 2.45) is 5.92 Å². The monoisotopic (exact) mass is 1400 g/mol. The molecule has 0 radical (unpaired) electrons. The first-order valence-corrected chi connectivity index (χ1v) is 34.1. The summed E-state index contributed by atoms with van der Waals surface area (Å²) in [5.41, 5.74) is -8.37. The average molecular weight is 1400 g/mol. The van der Waals surface area contributed by atoms with Gasteiger partial charge in [-0.15, -0.1) is 0 Å². The fourth-order valence-corrected chi connectivity index (χ4v) is 14.4. The van der Waals surface area contributed by atoms with Crippen LogP contribution in [-0.4, -0.2) is 97.0 Å². The molecular formula is C57H59ClF10N7O13P2S2-. The maximum Gasteiger partial charge on any atom is 0.524 e. The largest absolute Gasteiger partial charge is 0.755 e. The van der Waals surface area contributed by atoms with Crippen LogP contribution in [0.1, 0.15) is 131 Å². The summed E-state index contributed by atoms with van der Waals surface area (Å²) >= 11 is 3.18. The molecule has 2 aliphatic carbocycles. The van der Waals surface area contributed by atoms with Gasteiger partial charge >= 0.3 is 27.8 Å². The van der Waals surface area contributed by atoms with Crippen LogP contribution >= 0.6 is 27.0 Å². The minimum absolute atomic E-state index is 0.0766. The van der Waals surface area contributed by atoms with Gasteiger partial charge in [-0.2, -0.15) is 45.3 Å². The minimum Gasteiger partial charge on any atom is -0.755 e. The van der Waals surface area contributed by atoms with E-state index in [4.69, 9.17) is 25.2 Å². The van der Waals surface area contributed by atoms with E-state index in [1.807, 2.05) is 0 Å². The Morgan fingerprint density at radius 3 is 2.10 bits per heavy atom. The first kappa shape index (κ1) is 71.6. The first-order chi connectivity index (χ1) is 42.1. The van der Waals surface area contributed by atoms with Crippen LogP contribution in [0.4, 0.5) is 43.9 Å². The summed E-state index contributed by atoms with van der Waals surface area (Å²) < 4.78 is 244. The number of phosphoric acid groups is 1. The smallest absolute Gasteiger partial charge is 0.524 e. The van der Waals surface area contributed by atoms with E-state index in [0.29, 0.717) is 10.7 Å². The lowest BCUT2D eigenvalue weighted by Gasteiger charge is -2.33. The number of halogens is 11. The van der Waals surface area contributed by atoms with Gasteiger partial charge in [0, 0.05) is 57.7 Å². The first-order valence-electron chi connectivity index (χ1n) is 27.7. The highest BCUT2D eigenvalue weighted by Gasteiger charge is 2.68. The molecule has 0 saturated heterocycles. The molecule has 1 fully saturated rings. The van der Waals surface area contributed by atoms with Crippen LogP contribution < -0.4 is 15.1 Å². The molecule has 8 rings (SSSR count). The van der Waals surface area contributed by atoms with Crippen LogP contribution in [0.25, 0.3) is 22.0 Å². The summed E-state index contributed by atoms with van der Waals surface area (Å²) in [6.45, 7) is 8.20. The van der Waals surface area contributed by atoms with Gasteiger partial charge in [0.2, 0.25) is 11.8 Å². The third-order valence-corrected chi connectivity index (χ3v) is 20.6. The molecule has 2 aliphatic rings. The number of rotatable bonds is 22. The molecule has 0 spiro atoms. The Balaban J connectivity index is 1.28. The SMILES string of the molecule is Cc1cc(P(=O)(OC(C)C)OC(C)C)cc(OP(=O)(O)O)c1C(C)(C)CC(=O)N(Cc1nn(CC(F)(F)F)c2c(-c3ccc(C#CC(C)(C)S(C)(=O)=O)nc3[C@H](Cc3cc(F)cc(F)c3)NC(=O)Cn3nc(C(F)(F)F)c4c3C(F)(F)[C@@H]3C[C@H]43)ccc(Cl)c12)S(=O)[O-]. The van der Waals surface area contributed by atoms with Crippen molar-refractivity contribution in [2.75, 3.05) is 6.26 Å². The molecule has 35 heteroatoms. The van der Waals surface area contributed by atoms with Crippen LogP contribution in [0.15, 0.2) is 54.6 Å². The van der Waals surface area contributed by atoms with Crippen LogP contribution in [0.2, 0.25) is 5.02 Å². The molecule has 3 heterocycles. The number of carbonyl (C=O) groups is 2. The second-order valence-corrected chi connectivity index (χ2v) is 30.8. The van der Waals surface area contributed by atoms with Crippen molar-refractivity contribution in [1.82, 2.24) is 34.2 Å². The van der Waals surface area contributed by atoms with Gasteiger partial charge in [0.25, 0.3) is 5.92 Å². The number of hydrogen-bond acceptors (Lipinski definition) is 14. The number of fused-ring (bicyclic) bond motifs is 4. The molecule has 500 valence electrons. The molecule has 4 atom stereocenters. The molecule has 6 aromatic rings. The highest BCUT2D eigenvalue weighted by atomic mass is 35.5. The lowest BCUT2D eigenvalue weighted by Crippen LogP contribution is -2.37. The van der Waals surface area contributed by atoms with Gasteiger partial charge in [-0.25, -0.2) is 26.7 Å². The van der Waals surface area contributed by atoms with Crippen molar-refractivity contribution in [3.8, 4) is 28.7 Å². The van der Waals surface area contributed by atoms with Gasteiger partial charge in [-0.3, -0.25) is 41.8 Å². The van der Waals surface area contributed by atoms with Crippen molar-refractivity contribution in [3.05, 3.63) is 122 Å². The van der Waals surface area contributed by atoms with Crippen molar-refractivity contribution >= 4 is 76.1 Å². The number of benzene rings is 3. The Morgan fingerprint density at radius 1 is 0.935 bits per heavy atom. The molecular weight excluding hydrogens is 1340 g/mol. The molecule has 0 aliphatic heterocycles. The van der Waals surface area contributed by atoms with Crippen molar-refractivity contribution in [2.45, 2.75) is 154 Å². The fourth-order valence-electron chi connectivity index (χ4n) is 11.0. The van der Waals surface area contributed by atoms with Crippen molar-refractivity contribution in [3.63, 3.8) is 0 Å². The van der Waals surface area contributed by atoms with Gasteiger partial charge < -0.3 is 23.4 Å². The van der Waals surface area contributed by atoms with E-state index < -0.39 is 201 Å². The van der Waals surface area contributed by atoms with E-state index in [-0.39, 0.29) is 54.2 Å². The molecule has 3 aromatic heterocycles. The molecule has 3 N–H and O–H groups in total. The summed E-state index contributed by atoms with van der Waals surface area (Å²) in [4.78, 5) is 53.6. The van der Waals surface area contributed by atoms with Crippen LogP contribution in [0.3, 0.4) is 0 Å². The summed E-state index contributed by atoms with van der Waals surface area (Å²) in [5, 5.41) is 8.86. The van der Waals surface area contributed by atoms with E-state index in [9.17, 15) is 72.0 Å². The number of aryl methyl sites for hydroxylation is 1. The maximum atomic E-state index is 15.8. The standard InChI is InChI=1S/C57H60ClF10N7O13P2S2/c1-28(2)86-89(78,87-29(3)4)35-17-30(5)48(43(22-35)88-90(79,80)81)53(6,7)24-45(77)75(91(82)83)25-42-47-40(58)14-13-37(50(47)74(71-42)27-55(61,62)63)36-12-11-34(15-16-54(8,9)92(10,84)85)69-49(36)41(20-31-18-32(59)21-33(60)19-31)70-44(76)26-73-52-46(51(72-73)57(66,67)68)38-23-39(38)56(52,64)65/h11-14,17-19,21-22,28-29,38-39,41H,20,23-27H2,1-10H3,(H,70,76)(H,82,83)(H2,79,80,81)/p-1/t38-,39+,41-/m0/s1. The number of alkyl halides is 8. The number of hydrogen-bond donors (Lipinski definition) is 3. The van der Waals surface area contributed by atoms with E-state index in [1.54, 1.807) is 27.7 Å². The molecule has 1 saturated carbocycles. The summed E-state index contributed by atoms with van der Waals surface area (Å²) in [5.74, 6) is -7.17. The van der Waals surface area contributed by atoms with Gasteiger partial charge in [-0.1, -0.05) is 37.4 Å². The normalized spacial score (nSPS) is 16.7. The van der Waals surface area contributed by atoms with Gasteiger partial charge in [0.15, 0.2) is 15.5 Å². The van der Waals surface area contributed by atoms with Gasteiger partial charge in [-0.05, 0) is 127 Å². The average Bonchev–Trinajstić information content (AvgIpc) is 1.51. The molecule has 0 bridgehead atoms. The Bertz CT molecular complexity index is 4230. The number of sulfone groups is 1. The second-order valence-electron chi connectivity index (χ2n) is 23.9. The third-order valence-electron chi connectivity index (χ3n) is 14.9. The van der Waals surface area contributed by atoms with Crippen LogP contribution in [0, 0.1) is 36.3 Å². The molecule has 3 aromatic carbocycles. The highest BCUT2D eigenvalue weighted by molar-refractivity contribution is 7.92. The fraction of sp³-hybridized carbons (Fsp3) is 0.456. The third kappa shape index (κ3) is 15.6. The van der Waals surface area contributed by atoms with E-state index in [0.717, 1.165) is 48.7 Å². The predicted octanol–water partition coefficient (Wildman–Crippen LogP) is 11.2. The zero-order chi connectivity index (χ0) is 68.7. The minimum atomic E-state index is -5.49. The van der Waals surface area contributed by atoms with E-state index >= 15 is 17.6 Å². The number of nitrogens with one attached hydrogen (secondary N) is 1. The Hall–Kier alpha value is -6.26. The zero-order valence-electron chi connectivity index (χ0n) is 50.3. The van der Waals surface area contributed by atoms with Crippen molar-refractivity contribution < 1.29 is 103 Å². The van der Waals surface area contributed by atoms with Crippen LogP contribution in [0.5, 0.6) is 5.75 Å². The van der Waals surface area contributed by atoms with E-state index in [1.165, 1.54) is 40.7 Å². The number of carbonyl (C=O) groups excluding carboxylic acids is 2. The lowest BCUT2D eigenvalue weighted by atomic mass is 9.78. The van der Waals surface area contributed by atoms with Crippen LogP contribution in [-0.2, 0) is 92.4 Å². The predicted molar refractivity (Wildman–Crippen MR) is 313 cm³/mol. The molecule has 1 unspecified atom stereocenters. The summed E-state index contributed by atoms with van der Waals surface area (Å²) in [7, 11) is -13.8. The number of aromatic nitrogens is 5. The zero-order valence-corrected chi connectivity index (χ0v) is 54.4. The van der Waals surface area contributed by atoms with Gasteiger partial charge in [0.1, 0.15) is 46.6 Å². The lowest BCUT2D eigenvalue weighted by molar-refractivity contribution is -0.143. The quantitative estimate of drug-likeness (QED) is 0.0247. The topological polar surface area (TPSA) is 274 Å². The Labute approximate surface area is 527 Å². The van der Waals surface area contributed by atoms with Crippen molar-refractivity contribution in [1.29, 1.82) is 0 Å². The molecule has 20 nitrogen and oxygen atoms in total. The summed E-state index contributed by atoms with van der Waals surface area (Å²) in [6.07, 6.45) is -12.9. The van der Waals surface area contributed by atoms with E-state index in [2.05, 4.69) is 32.3 Å². The second kappa shape index (κ2) is 25.5. The molecule has 2 amide bonds. The number of pyridine rings is 1. The Kier molecular flexibility index (Phi) is 19.8. The maximum absolute atomic E-state index is 15.8. The number of amides is 2. The Morgan fingerprint density at radius 2 is 1.54 bits per heavy atom. The summed E-state index contributed by atoms with van der Waals surface area (Å²) in [6, 6.07) is 6.97. The molecule has 92 heavy (non-hydrogen) atoms. The highest BCUT2D eigenvalue weighted by Crippen LogP contribution is 2.68. The number of phosphoric ester groups is 1. The number of nitrogens with zero attached hydrogens (tertiary/aromatic N) is 6.